The summed E-state index contributed by atoms with van der Waals surface area (Å²) in [6, 6.07) is 17.2. The topological polar surface area (TPSA) is 40.5 Å². The molecule has 0 amide bonds. The zero-order chi connectivity index (χ0) is 14.1. The average Bonchev–Trinajstić information content (AvgIpc) is 2.47. The Hall–Kier alpha value is -2.48. The molecular formula is C18H16O2. The molecule has 3 aromatic carbocycles. The summed E-state index contributed by atoms with van der Waals surface area (Å²) in [4.78, 5) is 0. The molecule has 100 valence electrons. The van der Waals surface area contributed by atoms with Crippen molar-refractivity contribution in [2.24, 2.45) is 0 Å². The van der Waals surface area contributed by atoms with E-state index in [9.17, 15) is 10.2 Å². The lowest BCUT2D eigenvalue weighted by Crippen LogP contribution is -1.92. The van der Waals surface area contributed by atoms with Gasteiger partial charge >= 0.3 is 0 Å². The van der Waals surface area contributed by atoms with E-state index in [0.29, 0.717) is 17.9 Å². The van der Waals surface area contributed by atoms with E-state index < -0.39 is 0 Å². The molecule has 0 aliphatic rings. The third kappa shape index (κ3) is 2.10. The highest BCUT2D eigenvalue weighted by Gasteiger charge is 2.10. The minimum atomic E-state index is 0.308. The van der Waals surface area contributed by atoms with Crippen LogP contribution in [0.5, 0.6) is 11.5 Å². The van der Waals surface area contributed by atoms with Crippen molar-refractivity contribution >= 4 is 10.8 Å². The van der Waals surface area contributed by atoms with E-state index in [4.69, 9.17) is 0 Å². The van der Waals surface area contributed by atoms with Gasteiger partial charge in [0.25, 0.3) is 0 Å². The zero-order valence-corrected chi connectivity index (χ0v) is 11.3. The number of benzene rings is 3. The minimum absolute atomic E-state index is 0.308. The number of hydrogen-bond donors (Lipinski definition) is 2. The van der Waals surface area contributed by atoms with Crippen LogP contribution in [0.15, 0.2) is 54.6 Å². The van der Waals surface area contributed by atoms with Gasteiger partial charge in [0.15, 0.2) is 0 Å². The number of phenolic OH excluding ortho intramolecular Hbond substituents is 2. The van der Waals surface area contributed by atoms with Crippen LogP contribution in [0.1, 0.15) is 16.7 Å². The van der Waals surface area contributed by atoms with E-state index in [1.807, 2.05) is 55.5 Å². The van der Waals surface area contributed by atoms with Gasteiger partial charge in [-0.05, 0) is 35.1 Å². The van der Waals surface area contributed by atoms with Gasteiger partial charge in [-0.15, -0.1) is 0 Å². The Bertz CT molecular complexity index is 775. The maximum atomic E-state index is 10.2. The van der Waals surface area contributed by atoms with E-state index >= 15 is 0 Å². The Morgan fingerprint density at radius 2 is 1.45 bits per heavy atom. The highest BCUT2D eigenvalue weighted by molar-refractivity contribution is 5.92. The van der Waals surface area contributed by atoms with Gasteiger partial charge in [-0.2, -0.15) is 0 Å². The van der Waals surface area contributed by atoms with Crippen molar-refractivity contribution < 1.29 is 10.2 Å². The molecule has 0 spiro atoms. The largest absolute Gasteiger partial charge is 0.508 e. The summed E-state index contributed by atoms with van der Waals surface area (Å²) in [6.45, 7) is 1.90. The molecule has 0 saturated heterocycles. The third-order valence-electron chi connectivity index (χ3n) is 3.66. The van der Waals surface area contributed by atoms with Crippen LogP contribution in [0.3, 0.4) is 0 Å². The lowest BCUT2D eigenvalue weighted by Gasteiger charge is -2.12. The molecule has 3 rings (SSSR count). The monoisotopic (exact) mass is 264 g/mol. The first kappa shape index (κ1) is 12.5. The molecule has 20 heavy (non-hydrogen) atoms. The fourth-order valence-corrected chi connectivity index (χ4v) is 2.60. The summed E-state index contributed by atoms with van der Waals surface area (Å²) in [5.74, 6) is 0.643. The van der Waals surface area contributed by atoms with Crippen molar-refractivity contribution in [3.05, 3.63) is 71.3 Å². The molecule has 0 atom stereocenters. The smallest absolute Gasteiger partial charge is 0.126 e. The molecule has 2 nitrogen and oxygen atoms in total. The molecule has 0 heterocycles. The molecular weight excluding hydrogens is 248 g/mol. The van der Waals surface area contributed by atoms with Gasteiger partial charge in [0.1, 0.15) is 11.5 Å². The second-order valence-corrected chi connectivity index (χ2v) is 5.05. The number of hydrogen-bond acceptors (Lipinski definition) is 2. The SMILES string of the molecule is Cc1cc(Cc2ccccc2O)c2ccccc2c1O. The molecule has 0 radical (unpaired) electrons. The van der Waals surface area contributed by atoms with Crippen LogP contribution in [0.2, 0.25) is 0 Å². The molecule has 2 N–H and O–H groups in total. The Morgan fingerprint density at radius 3 is 2.20 bits per heavy atom. The van der Waals surface area contributed by atoms with E-state index in [0.717, 1.165) is 27.5 Å². The Morgan fingerprint density at radius 1 is 0.800 bits per heavy atom. The molecule has 0 saturated carbocycles. The summed E-state index contributed by atoms with van der Waals surface area (Å²) in [7, 11) is 0. The highest BCUT2D eigenvalue weighted by atomic mass is 16.3. The van der Waals surface area contributed by atoms with Crippen molar-refractivity contribution in [3.63, 3.8) is 0 Å². The van der Waals surface area contributed by atoms with Gasteiger partial charge < -0.3 is 10.2 Å². The lowest BCUT2D eigenvalue weighted by atomic mass is 9.95. The Labute approximate surface area is 117 Å². The summed E-state index contributed by atoms with van der Waals surface area (Å²) >= 11 is 0. The second-order valence-electron chi connectivity index (χ2n) is 5.05. The number of phenols is 2. The number of para-hydroxylation sites is 1. The van der Waals surface area contributed by atoms with Gasteiger partial charge in [-0.1, -0.05) is 48.5 Å². The first-order valence-electron chi connectivity index (χ1n) is 6.64. The lowest BCUT2D eigenvalue weighted by molar-refractivity contribution is 0.469. The van der Waals surface area contributed by atoms with Crippen LogP contribution in [-0.4, -0.2) is 10.2 Å². The Kier molecular flexibility index (Phi) is 3.07. The molecule has 0 fully saturated rings. The predicted octanol–water partition coefficient (Wildman–Crippen LogP) is 4.15. The van der Waals surface area contributed by atoms with E-state index in [2.05, 4.69) is 0 Å². The molecule has 0 unspecified atom stereocenters. The van der Waals surface area contributed by atoms with Crippen LogP contribution in [0.4, 0.5) is 0 Å². The molecule has 0 bridgehead atoms. The van der Waals surface area contributed by atoms with Gasteiger partial charge in [-0.25, -0.2) is 0 Å². The zero-order valence-electron chi connectivity index (χ0n) is 11.3. The molecule has 2 heteroatoms. The van der Waals surface area contributed by atoms with Gasteiger partial charge in [-0.3, -0.25) is 0 Å². The van der Waals surface area contributed by atoms with Crippen LogP contribution in [0, 0.1) is 6.92 Å². The van der Waals surface area contributed by atoms with E-state index in [1.54, 1.807) is 6.07 Å². The summed E-state index contributed by atoms with van der Waals surface area (Å²) in [5, 5.41) is 22.0. The van der Waals surface area contributed by atoms with Crippen LogP contribution in [0.25, 0.3) is 10.8 Å². The number of rotatable bonds is 2. The van der Waals surface area contributed by atoms with Crippen LogP contribution in [-0.2, 0) is 6.42 Å². The third-order valence-corrected chi connectivity index (χ3v) is 3.66. The summed E-state index contributed by atoms with van der Waals surface area (Å²) in [5.41, 5.74) is 2.86. The Balaban J connectivity index is 2.17. The fourth-order valence-electron chi connectivity index (χ4n) is 2.60. The summed E-state index contributed by atoms with van der Waals surface area (Å²) < 4.78 is 0. The number of aromatic hydroxyl groups is 2. The second kappa shape index (κ2) is 4.89. The highest BCUT2D eigenvalue weighted by Crippen LogP contribution is 2.33. The average molecular weight is 264 g/mol. The predicted molar refractivity (Wildman–Crippen MR) is 81.3 cm³/mol. The van der Waals surface area contributed by atoms with Crippen molar-refractivity contribution in [1.82, 2.24) is 0 Å². The first-order chi connectivity index (χ1) is 9.66. The van der Waals surface area contributed by atoms with Crippen molar-refractivity contribution in [1.29, 1.82) is 0 Å². The van der Waals surface area contributed by atoms with Crippen LogP contribution >= 0.6 is 0 Å². The van der Waals surface area contributed by atoms with Gasteiger partial charge in [0.05, 0.1) is 0 Å². The number of aryl methyl sites for hydroxylation is 1. The summed E-state index contributed by atoms with van der Waals surface area (Å²) in [6.07, 6.45) is 0.647. The van der Waals surface area contributed by atoms with Crippen molar-refractivity contribution in [3.8, 4) is 11.5 Å². The fraction of sp³-hybridized carbons (Fsp3) is 0.111. The van der Waals surface area contributed by atoms with Crippen molar-refractivity contribution in [2.45, 2.75) is 13.3 Å². The molecule has 0 aromatic heterocycles. The van der Waals surface area contributed by atoms with Gasteiger partial charge in [0.2, 0.25) is 0 Å². The van der Waals surface area contributed by atoms with Crippen LogP contribution < -0.4 is 0 Å². The standard InChI is InChI=1S/C18H16O2/c1-12-10-14(11-13-6-2-5-9-17(13)19)15-7-3-4-8-16(15)18(12)20/h2-10,19-20H,11H2,1H3. The normalized spacial score (nSPS) is 10.8. The molecule has 3 aromatic rings. The van der Waals surface area contributed by atoms with Crippen molar-refractivity contribution in [2.75, 3.05) is 0 Å². The maximum absolute atomic E-state index is 10.2. The maximum Gasteiger partial charge on any atom is 0.126 e. The quantitative estimate of drug-likeness (QED) is 0.730. The molecule has 0 aliphatic heterocycles. The van der Waals surface area contributed by atoms with E-state index in [1.165, 1.54) is 0 Å². The first-order valence-corrected chi connectivity index (χ1v) is 6.64. The minimum Gasteiger partial charge on any atom is -0.508 e. The van der Waals surface area contributed by atoms with Gasteiger partial charge in [0, 0.05) is 11.8 Å². The van der Waals surface area contributed by atoms with E-state index in [-0.39, 0.29) is 0 Å². The molecule has 0 aliphatic carbocycles. The number of fused-ring (bicyclic) bond motifs is 1.